The first-order chi connectivity index (χ1) is 17.1. The van der Waals surface area contributed by atoms with E-state index in [0.29, 0.717) is 13.0 Å². The number of amides is 2. The van der Waals surface area contributed by atoms with Crippen molar-refractivity contribution in [2.24, 2.45) is 0 Å². The number of rotatable bonds is 11. The van der Waals surface area contributed by atoms with Crippen molar-refractivity contribution in [3.63, 3.8) is 0 Å². The molecule has 0 saturated heterocycles. The maximum absolute atomic E-state index is 13.7. The number of carbonyl (C=O) groups is 2. The van der Waals surface area contributed by atoms with E-state index in [1.165, 1.54) is 4.88 Å². The van der Waals surface area contributed by atoms with Crippen molar-refractivity contribution in [3.05, 3.63) is 82.1 Å². The van der Waals surface area contributed by atoms with Crippen LogP contribution in [0.2, 0.25) is 0 Å². The highest BCUT2D eigenvalue weighted by Crippen LogP contribution is 2.20. The fraction of sp³-hybridized carbons (Fsp3) is 0.400. The van der Waals surface area contributed by atoms with Crippen molar-refractivity contribution in [2.75, 3.05) is 27.7 Å². The van der Waals surface area contributed by atoms with E-state index in [0.717, 1.165) is 34.8 Å². The molecule has 0 aliphatic rings. The number of likely N-dealkylation sites (N-methyl/N-ethyl adjacent to an activating group) is 2. The Kier molecular flexibility index (Phi) is 9.46. The molecule has 1 heterocycles. The molecule has 0 saturated carbocycles. The summed E-state index contributed by atoms with van der Waals surface area (Å²) in [5.74, 6) is -0.192. The molecule has 0 fully saturated rings. The van der Waals surface area contributed by atoms with Crippen LogP contribution in [0.1, 0.15) is 37.6 Å². The fourth-order valence-electron chi connectivity index (χ4n) is 4.38. The first-order valence-corrected chi connectivity index (χ1v) is 13.4. The second-order valence-corrected chi connectivity index (χ2v) is 11.3. The molecular formula is C30H39N3O2S. The predicted octanol–water partition coefficient (Wildman–Crippen LogP) is 5.31. The van der Waals surface area contributed by atoms with Gasteiger partial charge in [-0.3, -0.25) is 9.59 Å². The zero-order valence-electron chi connectivity index (χ0n) is 22.4. The molecule has 1 atom stereocenters. The normalized spacial score (nSPS) is 13.0. The molecule has 2 aromatic carbocycles. The molecule has 0 aliphatic heterocycles. The second-order valence-electron chi connectivity index (χ2n) is 10.2. The van der Waals surface area contributed by atoms with E-state index in [1.807, 2.05) is 39.2 Å². The third kappa shape index (κ3) is 7.52. The van der Waals surface area contributed by atoms with Gasteiger partial charge in [-0.15, -0.1) is 11.3 Å². The van der Waals surface area contributed by atoms with E-state index in [1.54, 1.807) is 34.3 Å². The van der Waals surface area contributed by atoms with Crippen LogP contribution in [0, 0.1) is 0 Å². The van der Waals surface area contributed by atoms with E-state index in [4.69, 9.17) is 0 Å². The Morgan fingerprint density at radius 2 is 1.78 bits per heavy atom. The zero-order valence-corrected chi connectivity index (χ0v) is 23.2. The molecule has 0 unspecified atom stereocenters. The molecule has 0 bridgehead atoms. The van der Waals surface area contributed by atoms with Gasteiger partial charge in [0.25, 0.3) is 0 Å². The van der Waals surface area contributed by atoms with E-state index < -0.39 is 6.04 Å². The summed E-state index contributed by atoms with van der Waals surface area (Å²) in [4.78, 5) is 31.6. The minimum atomic E-state index is -0.589. The summed E-state index contributed by atoms with van der Waals surface area (Å²) >= 11 is 1.70. The molecule has 1 N–H and O–H groups in total. The number of fused-ring (bicyclic) bond motifs is 1. The van der Waals surface area contributed by atoms with Gasteiger partial charge < -0.3 is 15.1 Å². The molecule has 3 rings (SSSR count). The molecular weight excluding hydrogens is 466 g/mol. The average Bonchev–Trinajstić information content (AvgIpc) is 3.38. The summed E-state index contributed by atoms with van der Waals surface area (Å²) in [6.07, 6.45) is 3.68. The molecule has 6 heteroatoms. The van der Waals surface area contributed by atoms with Crippen molar-refractivity contribution in [3.8, 4) is 0 Å². The van der Waals surface area contributed by atoms with E-state index in [-0.39, 0.29) is 17.4 Å². The lowest BCUT2D eigenvalue weighted by atomic mass is 9.95. The monoisotopic (exact) mass is 505 g/mol. The van der Waals surface area contributed by atoms with E-state index >= 15 is 0 Å². The van der Waals surface area contributed by atoms with Crippen LogP contribution in [0.15, 0.2) is 71.6 Å². The maximum atomic E-state index is 13.7. The van der Waals surface area contributed by atoms with Crippen LogP contribution < -0.4 is 5.32 Å². The smallest absolute Gasteiger partial charge is 0.246 e. The van der Waals surface area contributed by atoms with Gasteiger partial charge in [0.1, 0.15) is 6.04 Å². The van der Waals surface area contributed by atoms with Gasteiger partial charge in [-0.2, -0.15) is 0 Å². The molecule has 0 aliphatic carbocycles. The highest BCUT2D eigenvalue weighted by Gasteiger charge is 2.29. The number of thiophene rings is 1. The molecule has 3 aromatic rings. The van der Waals surface area contributed by atoms with E-state index in [9.17, 15) is 9.59 Å². The van der Waals surface area contributed by atoms with Crippen LogP contribution in [0.3, 0.4) is 0 Å². The zero-order chi connectivity index (χ0) is 26.3. The van der Waals surface area contributed by atoms with Crippen LogP contribution in [0.25, 0.3) is 10.8 Å². The molecule has 5 nitrogen and oxygen atoms in total. The SMILES string of the molecule is CNC(C)(C)C/C(C)=C\C(=O)N(C)[C@H](Cc1ccc2ccccc2c1)C(=O)N(C)CCc1cccs1. The first-order valence-electron chi connectivity index (χ1n) is 12.5. The van der Waals surface area contributed by atoms with Gasteiger partial charge in [0.2, 0.25) is 11.8 Å². The highest BCUT2D eigenvalue weighted by molar-refractivity contribution is 7.09. The summed E-state index contributed by atoms with van der Waals surface area (Å²) < 4.78 is 0. The quantitative estimate of drug-likeness (QED) is 0.360. The number of hydrogen-bond donors (Lipinski definition) is 1. The molecule has 1 aromatic heterocycles. The molecule has 36 heavy (non-hydrogen) atoms. The number of nitrogens with one attached hydrogen (secondary N) is 1. The molecule has 0 spiro atoms. The summed E-state index contributed by atoms with van der Waals surface area (Å²) in [6.45, 7) is 6.79. The van der Waals surface area contributed by atoms with Crippen LogP contribution in [0.4, 0.5) is 0 Å². The standard InChI is InChI=1S/C30H39N3O2S/c1-22(21-30(2,3)31-4)18-28(34)33(6)27(29(35)32(5)16-15-26-12-9-17-36-26)20-23-13-14-24-10-7-8-11-25(24)19-23/h7-14,17-19,27,31H,15-16,20-21H2,1-6H3/b22-18-/t27-/m1/s1. The summed E-state index contributed by atoms with van der Waals surface area (Å²) in [5.41, 5.74) is 1.91. The maximum Gasteiger partial charge on any atom is 0.246 e. The van der Waals surface area contributed by atoms with Crippen molar-refractivity contribution in [2.45, 2.75) is 51.6 Å². The number of carbonyl (C=O) groups excluding carboxylic acids is 2. The van der Waals surface area contributed by atoms with E-state index in [2.05, 4.69) is 60.9 Å². The van der Waals surface area contributed by atoms with Crippen molar-refractivity contribution in [1.82, 2.24) is 15.1 Å². The third-order valence-electron chi connectivity index (χ3n) is 6.76. The molecule has 0 radical (unpaired) electrons. The Labute approximate surface area is 219 Å². The lowest BCUT2D eigenvalue weighted by Crippen LogP contribution is -2.49. The van der Waals surface area contributed by atoms with Crippen molar-refractivity contribution >= 4 is 33.9 Å². The van der Waals surface area contributed by atoms with Gasteiger partial charge in [-0.05, 0) is 68.4 Å². The molecule has 2 amide bonds. The summed E-state index contributed by atoms with van der Waals surface area (Å²) in [5, 5.41) is 7.62. The van der Waals surface area contributed by atoms with Gasteiger partial charge in [-0.1, -0.05) is 54.1 Å². The third-order valence-corrected chi connectivity index (χ3v) is 7.70. The van der Waals surface area contributed by atoms with Gasteiger partial charge in [0.15, 0.2) is 0 Å². The Balaban J connectivity index is 1.83. The lowest BCUT2D eigenvalue weighted by molar-refractivity contribution is -0.141. The van der Waals surface area contributed by atoms with Crippen LogP contribution in [-0.4, -0.2) is 60.9 Å². The van der Waals surface area contributed by atoms with Crippen LogP contribution >= 0.6 is 11.3 Å². The fourth-order valence-corrected chi connectivity index (χ4v) is 5.08. The Hall–Kier alpha value is -2.96. The second kappa shape index (κ2) is 12.3. The number of nitrogens with zero attached hydrogens (tertiary/aromatic N) is 2. The van der Waals surface area contributed by atoms with Crippen molar-refractivity contribution in [1.29, 1.82) is 0 Å². The highest BCUT2D eigenvalue weighted by atomic mass is 32.1. The predicted molar refractivity (Wildman–Crippen MR) is 151 cm³/mol. The average molecular weight is 506 g/mol. The minimum absolute atomic E-state index is 0.0443. The van der Waals surface area contributed by atoms with Gasteiger partial charge in [0, 0.05) is 43.6 Å². The Morgan fingerprint density at radius 3 is 2.44 bits per heavy atom. The van der Waals surface area contributed by atoms with Crippen molar-refractivity contribution < 1.29 is 9.59 Å². The Morgan fingerprint density at radius 1 is 1.06 bits per heavy atom. The van der Waals surface area contributed by atoms with Gasteiger partial charge in [0.05, 0.1) is 0 Å². The Bertz CT molecular complexity index is 1200. The van der Waals surface area contributed by atoms with Crippen LogP contribution in [0.5, 0.6) is 0 Å². The number of benzene rings is 2. The minimum Gasteiger partial charge on any atom is -0.344 e. The molecule has 192 valence electrons. The number of hydrogen-bond acceptors (Lipinski definition) is 4. The van der Waals surface area contributed by atoms with Gasteiger partial charge in [-0.25, -0.2) is 0 Å². The topological polar surface area (TPSA) is 52.7 Å². The first kappa shape index (κ1) is 27.6. The summed E-state index contributed by atoms with van der Waals surface area (Å²) in [6, 6.07) is 18.0. The largest absolute Gasteiger partial charge is 0.344 e. The lowest BCUT2D eigenvalue weighted by Gasteiger charge is -2.31. The van der Waals surface area contributed by atoms with Gasteiger partial charge >= 0.3 is 0 Å². The summed E-state index contributed by atoms with van der Waals surface area (Å²) in [7, 11) is 5.50. The van der Waals surface area contributed by atoms with Crippen LogP contribution in [-0.2, 0) is 22.4 Å².